The Hall–Kier alpha value is -2.86. The number of carbonyl (C=O) groups excluding carboxylic acids is 2. The van der Waals surface area contributed by atoms with Crippen LogP contribution in [-0.2, 0) is 20.7 Å². The first kappa shape index (κ1) is 17.5. The molecule has 2 aromatic carbocycles. The zero-order valence-corrected chi connectivity index (χ0v) is 15.0. The minimum absolute atomic E-state index is 0.0102. The first-order chi connectivity index (χ1) is 13.2. The average Bonchev–Trinajstić information content (AvgIpc) is 2.72. The smallest absolute Gasteiger partial charge is 0.260 e. The molecule has 1 saturated heterocycles. The highest BCUT2D eigenvalue weighted by molar-refractivity contribution is 5.94. The lowest BCUT2D eigenvalue weighted by molar-refractivity contribution is -0.141. The van der Waals surface area contributed by atoms with Gasteiger partial charge < -0.3 is 19.7 Å². The van der Waals surface area contributed by atoms with Crippen molar-refractivity contribution in [3.05, 3.63) is 59.7 Å². The van der Waals surface area contributed by atoms with E-state index in [1.165, 1.54) is 0 Å². The highest BCUT2D eigenvalue weighted by Crippen LogP contribution is 2.27. The Bertz CT molecular complexity index is 837. The van der Waals surface area contributed by atoms with E-state index < -0.39 is 0 Å². The van der Waals surface area contributed by atoms with Gasteiger partial charge >= 0.3 is 0 Å². The van der Waals surface area contributed by atoms with E-state index in [-0.39, 0.29) is 24.5 Å². The molecule has 0 unspecified atom stereocenters. The van der Waals surface area contributed by atoms with E-state index in [0.29, 0.717) is 31.9 Å². The van der Waals surface area contributed by atoms with Crippen molar-refractivity contribution in [1.82, 2.24) is 4.90 Å². The monoisotopic (exact) mass is 366 g/mol. The lowest BCUT2D eigenvalue weighted by Gasteiger charge is -2.33. The van der Waals surface area contributed by atoms with Gasteiger partial charge in [-0.3, -0.25) is 9.59 Å². The number of carbonyl (C=O) groups is 2. The Morgan fingerprint density at radius 2 is 2.04 bits per heavy atom. The van der Waals surface area contributed by atoms with E-state index in [2.05, 4.69) is 5.32 Å². The van der Waals surface area contributed by atoms with E-state index in [1.54, 1.807) is 11.0 Å². The van der Waals surface area contributed by atoms with E-state index in [4.69, 9.17) is 9.47 Å². The second-order valence-electron chi connectivity index (χ2n) is 6.77. The molecule has 1 atom stereocenters. The van der Waals surface area contributed by atoms with Crippen molar-refractivity contribution in [3.63, 3.8) is 0 Å². The number of morpholine rings is 1. The molecule has 0 aliphatic carbocycles. The maximum Gasteiger partial charge on any atom is 0.260 e. The summed E-state index contributed by atoms with van der Waals surface area (Å²) < 4.78 is 11.5. The maximum atomic E-state index is 12.6. The van der Waals surface area contributed by atoms with Gasteiger partial charge in [0.15, 0.2) is 6.61 Å². The number of rotatable bonds is 4. The summed E-state index contributed by atoms with van der Waals surface area (Å²) in [7, 11) is 0. The van der Waals surface area contributed by atoms with Crippen LogP contribution in [-0.4, -0.2) is 43.0 Å². The molecular formula is C21H22N2O4. The number of nitrogens with one attached hydrogen (secondary N) is 1. The molecule has 2 aromatic rings. The van der Waals surface area contributed by atoms with Crippen LogP contribution in [0.15, 0.2) is 48.5 Å². The van der Waals surface area contributed by atoms with Crippen molar-refractivity contribution in [2.75, 3.05) is 31.6 Å². The highest BCUT2D eigenvalue weighted by atomic mass is 16.5. The first-order valence-corrected chi connectivity index (χ1v) is 9.19. The summed E-state index contributed by atoms with van der Waals surface area (Å²) >= 11 is 0. The van der Waals surface area contributed by atoms with Crippen LogP contribution in [0.3, 0.4) is 0 Å². The van der Waals surface area contributed by atoms with Crippen molar-refractivity contribution in [2.45, 2.75) is 18.9 Å². The van der Waals surface area contributed by atoms with Crippen LogP contribution < -0.4 is 10.1 Å². The SMILES string of the molecule is O=C1CCc2ccc(OCC(=O)N3CCO[C@H](c4ccccc4)C3)cc2N1. The molecule has 2 heterocycles. The van der Waals surface area contributed by atoms with Gasteiger partial charge in [0.2, 0.25) is 5.91 Å². The van der Waals surface area contributed by atoms with Gasteiger partial charge in [-0.1, -0.05) is 36.4 Å². The molecule has 0 bridgehead atoms. The first-order valence-electron chi connectivity index (χ1n) is 9.19. The van der Waals surface area contributed by atoms with E-state index in [9.17, 15) is 9.59 Å². The minimum Gasteiger partial charge on any atom is -0.484 e. The number of amides is 2. The van der Waals surface area contributed by atoms with Crippen LogP contribution in [0.4, 0.5) is 5.69 Å². The molecule has 2 aliphatic rings. The number of hydrogen-bond donors (Lipinski definition) is 1. The number of anilines is 1. The number of nitrogens with zero attached hydrogens (tertiary/aromatic N) is 1. The van der Waals surface area contributed by atoms with Crippen molar-refractivity contribution in [2.24, 2.45) is 0 Å². The molecule has 0 spiro atoms. The molecule has 2 amide bonds. The van der Waals surface area contributed by atoms with Crippen LogP contribution >= 0.6 is 0 Å². The molecule has 1 N–H and O–H groups in total. The molecule has 0 radical (unpaired) electrons. The maximum absolute atomic E-state index is 12.6. The van der Waals surface area contributed by atoms with Crippen LogP contribution in [0.1, 0.15) is 23.7 Å². The van der Waals surface area contributed by atoms with Gasteiger partial charge in [0.1, 0.15) is 11.9 Å². The van der Waals surface area contributed by atoms with Gasteiger partial charge in [-0.2, -0.15) is 0 Å². The van der Waals surface area contributed by atoms with Crippen LogP contribution in [0.25, 0.3) is 0 Å². The Labute approximate surface area is 158 Å². The summed E-state index contributed by atoms with van der Waals surface area (Å²) in [6.07, 6.45) is 1.13. The zero-order chi connectivity index (χ0) is 18.6. The molecule has 140 valence electrons. The molecule has 4 rings (SSSR count). The van der Waals surface area contributed by atoms with E-state index in [1.807, 2.05) is 42.5 Å². The quantitative estimate of drug-likeness (QED) is 0.903. The molecular weight excluding hydrogens is 344 g/mol. The second kappa shape index (κ2) is 7.80. The minimum atomic E-state index is -0.108. The summed E-state index contributed by atoms with van der Waals surface area (Å²) in [4.78, 5) is 25.9. The molecule has 6 nitrogen and oxygen atoms in total. The molecule has 1 fully saturated rings. The lowest BCUT2D eigenvalue weighted by Crippen LogP contribution is -2.44. The standard InChI is InChI=1S/C21H22N2O4/c24-20-9-7-15-6-8-17(12-18(15)22-20)27-14-21(25)23-10-11-26-19(13-23)16-4-2-1-3-5-16/h1-6,8,12,19H,7,9-11,13-14H2,(H,22,24)/t19-/m0/s1. The highest BCUT2D eigenvalue weighted by Gasteiger charge is 2.25. The third-order valence-corrected chi connectivity index (χ3v) is 4.93. The largest absolute Gasteiger partial charge is 0.484 e. The van der Waals surface area contributed by atoms with E-state index in [0.717, 1.165) is 23.2 Å². The predicted octanol–water partition coefficient (Wildman–Crippen LogP) is 2.55. The van der Waals surface area contributed by atoms with Gasteiger partial charge in [0.05, 0.1) is 13.2 Å². The number of fused-ring (bicyclic) bond motifs is 1. The molecule has 2 aliphatic heterocycles. The fraction of sp³-hybridized carbons (Fsp3) is 0.333. The van der Waals surface area contributed by atoms with Crippen LogP contribution in [0.2, 0.25) is 0 Å². The molecule has 0 saturated carbocycles. The third-order valence-electron chi connectivity index (χ3n) is 4.93. The summed E-state index contributed by atoms with van der Waals surface area (Å²) in [5, 5.41) is 2.84. The molecule has 0 aromatic heterocycles. The van der Waals surface area contributed by atoms with Gasteiger partial charge in [0, 0.05) is 24.7 Å². The molecule has 27 heavy (non-hydrogen) atoms. The summed E-state index contributed by atoms with van der Waals surface area (Å²) in [6, 6.07) is 15.5. The molecule has 6 heteroatoms. The Morgan fingerprint density at radius 1 is 1.19 bits per heavy atom. The summed E-state index contributed by atoms with van der Waals surface area (Å²) in [6.45, 7) is 1.56. The van der Waals surface area contributed by atoms with Gasteiger partial charge in [0.25, 0.3) is 5.91 Å². The normalized spacial score (nSPS) is 19.2. The van der Waals surface area contributed by atoms with Gasteiger partial charge in [-0.05, 0) is 23.6 Å². The van der Waals surface area contributed by atoms with Crippen molar-refractivity contribution >= 4 is 17.5 Å². The number of ether oxygens (including phenoxy) is 2. The number of benzene rings is 2. The fourth-order valence-electron chi connectivity index (χ4n) is 3.42. The topological polar surface area (TPSA) is 67.9 Å². The number of aryl methyl sites for hydroxylation is 1. The van der Waals surface area contributed by atoms with Gasteiger partial charge in [-0.15, -0.1) is 0 Å². The van der Waals surface area contributed by atoms with Crippen molar-refractivity contribution < 1.29 is 19.1 Å². The van der Waals surface area contributed by atoms with E-state index >= 15 is 0 Å². The summed E-state index contributed by atoms with van der Waals surface area (Å²) in [5.74, 6) is 0.522. The van der Waals surface area contributed by atoms with Crippen molar-refractivity contribution in [1.29, 1.82) is 0 Å². The average molecular weight is 366 g/mol. The Balaban J connectivity index is 1.35. The Kier molecular flexibility index (Phi) is 5.07. The van der Waals surface area contributed by atoms with Crippen LogP contribution in [0, 0.1) is 0 Å². The zero-order valence-electron chi connectivity index (χ0n) is 15.0. The van der Waals surface area contributed by atoms with Gasteiger partial charge in [-0.25, -0.2) is 0 Å². The second-order valence-corrected chi connectivity index (χ2v) is 6.77. The fourth-order valence-corrected chi connectivity index (χ4v) is 3.42. The lowest BCUT2D eigenvalue weighted by atomic mass is 10.0. The summed E-state index contributed by atoms with van der Waals surface area (Å²) in [5.41, 5.74) is 2.93. The third kappa shape index (κ3) is 4.11. The predicted molar refractivity (Wildman–Crippen MR) is 101 cm³/mol. The number of hydrogen-bond acceptors (Lipinski definition) is 4. The van der Waals surface area contributed by atoms with Crippen LogP contribution in [0.5, 0.6) is 5.75 Å². The Morgan fingerprint density at radius 3 is 2.89 bits per heavy atom. The van der Waals surface area contributed by atoms with Crippen molar-refractivity contribution in [3.8, 4) is 5.75 Å².